The Labute approximate surface area is 166 Å². The summed E-state index contributed by atoms with van der Waals surface area (Å²) in [6.45, 7) is 0. The van der Waals surface area contributed by atoms with Gasteiger partial charge in [-0.3, -0.25) is 9.97 Å². The molecule has 2 aromatic carbocycles. The number of halogens is 1. The summed E-state index contributed by atoms with van der Waals surface area (Å²) in [4.78, 5) is 8.18. The molecule has 2 N–H and O–H groups in total. The van der Waals surface area contributed by atoms with Crippen molar-refractivity contribution in [2.45, 2.75) is 0 Å². The number of nitrogens with zero attached hydrogens (tertiary/aromatic N) is 2. The fraction of sp³-hybridized carbons (Fsp3) is 0. The summed E-state index contributed by atoms with van der Waals surface area (Å²) in [6.07, 6.45) is 3.38. The molecule has 0 aliphatic rings. The molecule has 4 aromatic rings. The number of fused-ring (bicyclic) bond motifs is 1. The van der Waals surface area contributed by atoms with Gasteiger partial charge >= 0.3 is 27.7 Å². The number of phenols is 2. The van der Waals surface area contributed by atoms with Gasteiger partial charge in [0.15, 0.2) is 0 Å². The fourth-order valence-corrected chi connectivity index (χ4v) is 2.30. The van der Waals surface area contributed by atoms with E-state index < -0.39 is 0 Å². The van der Waals surface area contributed by atoms with Gasteiger partial charge in [0.1, 0.15) is 17.0 Å². The molecule has 26 heavy (non-hydrogen) atoms. The Morgan fingerprint density at radius 1 is 0.654 bits per heavy atom. The molecule has 0 saturated heterocycles. The molecule has 0 aliphatic carbocycles. The quantitative estimate of drug-likeness (QED) is 0.355. The third-order valence-corrected chi connectivity index (χ3v) is 3.46. The standard InChI is InChI=1S/C11H9NO.C9H7NO.ClH.Re/c13-11-7-2-1-5-9(11)10-6-3-4-8-12-10;11-8-5-1-3-7-4-2-6-10-9(7)8;;/h1-8,13H;1-6,11H;1H;/q;;;+1/p-1. The molecule has 2 heterocycles. The van der Waals surface area contributed by atoms with E-state index in [-0.39, 0.29) is 11.5 Å². The van der Waals surface area contributed by atoms with Crippen LogP contribution >= 0.6 is 9.53 Å². The van der Waals surface area contributed by atoms with Crippen molar-refractivity contribution in [3.63, 3.8) is 0 Å². The molecule has 4 rings (SSSR count). The molecule has 0 bridgehead atoms. The fourth-order valence-electron chi connectivity index (χ4n) is 2.30. The summed E-state index contributed by atoms with van der Waals surface area (Å²) < 4.78 is 0. The first-order valence-electron chi connectivity index (χ1n) is 7.62. The molecule has 0 amide bonds. The summed E-state index contributed by atoms with van der Waals surface area (Å²) in [5, 5.41) is 19.8. The van der Waals surface area contributed by atoms with Crippen LogP contribution in [0, 0.1) is 0 Å². The van der Waals surface area contributed by atoms with Crippen molar-refractivity contribution in [3.8, 4) is 22.8 Å². The van der Waals surface area contributed by atoms with Gasteiger partial charge in [0.2, 0.25) is 0 Å². The first-order valence-corrected chi connectivity index (χ1v) is 11.0. The van der Waals surface area contributed by atoms with E-state index in [1.807, 2.05) is 48.5 Å². The number of aromatic hydroxyl groups is 2. The van der Waals surface area contributed by atoms with Crippen LogP contribution < -0.4 is 0 Å². The number of benzene rings is 2. The molecule has 0 spiro atoms. The molecular weight excluding hydrogens is 522 g/mol. The first-order chi connectivity index (χ1) is 12.8. The van der Waals surface area contributed by atoms with E-state index in [1.54, 1.807) is 36.7 Å². The van der Waals surface area contributed by atoms with Crippen molar-refractivity contribution in [2.24, 2.45) is 0 Å². The number of hydrogen-bond donors (Lipinski definition) is 2. The Morgan fingerprint density at radius 2 is 1.31 bits per heavy atom. The van der Waals surface area contributed by atoms with E-state index >= 15 is 0 Å². The average molecular weight is 538 g/mol. The number of rotatable bonds is 1. The van der Waals surface area contributed by atoms with Crippen LogP contribution in [0.5, 0.6) is 11.5 Å². The summed E-state index contributed by atoms with van der Waals surface area (Å²) in [5.41, 5.74) is 2.22. The number of aromatic nitrogens is 2. The zero-order valence-corrected chi connectivity index (χ0v) is 17.1. The zero-order chi connectivity index (χ0) is 18.8. The molecule has 0 fully saturated rings. The van der Waals surface area contributed by atoms with Gasteiger partial charge < -0.3 is 10.2 Å². The normalized spacial score (nSPS) is 9.46. The first kappa shape index (κ1) is 19.9. The van der Waals surface area contributed by atoms with Crippen LogP contribution in [0.2, 0.25) is 0 Å². The van der Waals surface area contributed by atoms with Gasteiger partial charge in [0.25, 0.3) is 0 Å². The summed E-state index contributed by atoms with van der Waals surface area (Å²) >= 11 is 1.19. The monoisotopic (exact) mass is 538 g/mol. The van der Waals surface area contributed by atoms with E-state index in [0.29, 0.717) is 5.52 Å². The topological polar surface area (TPSA) is 66.2 Å². The van der Waals surface area contributed by atoms with E-state index in [0.717, 1.165) is 16.6 Å². The predicted octanol–water partition coefficient (Wildman–Crippen LogP) is 5.08. The van der Waals surface area contributed by atoms with Gasteiger partial charge in [-0.2, -0.15) is 0 Å². The molecular formula is C20H16ClN2O2Re. The maximum atomic E-state index is 9.52. The average Bonchev–Trinajstić information content (AvgIpc) is 2.72. The van der Waals surface area contributed by atoms with Crippen LogP contribution in [0.4, 0.5) is 0 Å². The van der Waals surface area contributed by atoms with E-state index in [4.69, 9.17) is 9.53 Å². The number of phenolic OH excluding ortho intramolecular Hbond substituents is 2. The van der Waals surface area contributed by atoms with Crippen molar-refractivity contribution in [1.82, 2.24) is 9.97 Å². The van der Waals surface area contributed by atoms with Crippen molar-refractivity contribution in [3.05, 3.63) is 85.2 Å². The van der Waals surface area contributed by atoms with Gasteiger partial charge in [-0.1, -0.05) is 36.4 Å². The van der Waals surface area contributed by atoms with Crippen LogP contribution in [0.3, 0.4) is 0 Å². The van der Waals surface area contributed by atoms with Crippen LogP contribution in [0.15, 0.2) is 85.2 Å². The Hall–Kier alpha value is -2.45. The second-order valence-electron chi connectivity index (χ2n) is 5.08. The SMILES string of the molecule is Oc1cccc2cccnc12.Oc1ccccc1-c1ccccn1.[Cl][Re]. The van der Waals surface area contributed by atoms with E-state index in [1.165, 1.54) is 18.2 Å². The van der Waals surface area contributed by atoms with Crippen molar-refractivity contribution >= 4 is 20.4 Å². The number of para-hydroxylation sites is 2. The predicted molar refractivity (Wildman–Crippen MR) is 101 cm³/mol. The van der Waals surface area contributed by atoms with Crippen molar-refractivity contribution < 1.29 is 28.4 Å². The van der Waals surface area contributed by atoms with Gasteiger partial charge in [-0.25, -0.2) is 0 Å². The Kier molecular flexibility index (Phi) is 8.04. The molecule has 0 atom stereocenters. The van der Waals surface area contributed by atoms with Crippen molar-refractivity contribution in [2.75, 3.05) is 0 Å². The number of hydrogen-bond acceptors (Lipinski definition) is 4. The van der Waals surface area contributed by atoms with Crippen molar-refractivity contribution in [1.29, 1.82) is 0 Å². The summed E-state index contributed by atoms with van der Waals surface area (Å²) in [5.74, 6) is 0.504. The molecule has 0 aliphatic heterocycles. The van der Waals surface area contributed by atoms with Gasteiger partial charge in [-0.15, -0.1) is 0 Å². The van der Waals surface area contributed by atoms with Gasteiger partial charge in [0, 0.05) is 23.3 Å². The molecule has 0 saturated carbocycles. The molecule has 4 nitrogen and oxygen atoms in total. The van der Waals surface area contributed by atoms with Crippen LogP contribution in [-0.4, -0.2) is 20.2 Å². The van der Waals surface area contributed by atoms with Gasteiger partial charge in [0.05, 0.1) is 5.69 Å². The molecule has 0 unspecified atom stereocenters. The Balaban J connectivity index is 0.000000173. The third-order valence-electron chi connectivity index (χ3n) is 3.46. The molecule has 132 valence electrons. The van der Waals surface area contributed by atoms with Crippen LogP contribution in [0.25, 0.3) is 22.2 Å². The Morgan fingerprint density at radius 3 is 2.00 bits per heavy atom. The summed E-state index contributed by atoms with van der Waals surface area (Å²) in [7, 11) is 4.69. The van der Waals surface area contributed by atoms with E-state index in [9.17, 15) is 10.2 Å². The third kappa shape index (κ3) is 5.27. The van der Waals surface area contributed by atoms with Crippen LogP contribution in [0.1, 0.15) is 0 Å². The molecule has 6 heteroatoms. The zero-order valence-electron chi connectivity index (χ0n) is 13.6. The minimum atomic E-state index is 0.239. The van der Waals surface area contributed by atoms with Crippen LogP contribution in [-0.2, 0) is 18.2 Å². The second kappa shape index (κ2) is 10.5. The molecule has 2 aromatic heterocycles. The summed E-state index contributed by atoms with van der Waals surface area (Å²) in [6, 6.07) is 21.9. The maximum absolute atomic E-state index is 9.52. The molecule has 0 radical (unpaired) electrons. The minimum absolute atomic E-state index is 0.239. The number of pyridine rings is 2. The van der Waals surface area contributed by atoms with E-state index in [2.05, 4.69) is 9.97 Å². The second-order valence-corrected chi connectivity index (χ2v) is 5.08. The Bertz CT molecular complexity index is 947. The van der Waals surface area contributed by atoms with Gasteiger partial charge in [-0.05, 0) is 36.4 Å².